The first-order chi connectivity index (χ1) is 11.4. The summed E-state index contributed by atoms with van der Waals surface area (Å²) in [6.45, 7) is 0.252. The Morgan fingerprint density at radius 2 is 1.44 bits per heavy atom. The van der Waals surface area contributed by atoms with Crippen molar-refractivity contribution in [2.45, 2.75) is 12.4 Å². The molecule has 0 aliphatic carbocycles. The third-order valence-electron chi connectivity index (χ3n) is 2.77. The van der Waals surface area contributed by atoms with Crippen LogP contribution < -0.4 is 21.3 Å². The van der Waals surface area contributed by atoms with E-state index in [4.69, 9.17) is 12.2 Å². The highest BCUT2D eigenvalue weighted by atomic mass is 32.1. The molecule has 1 rings (SSSR count). The third kappa shape index (κ3) is 7.03. The molecule has 0 unspecified atom stereocenters. The summed E-state index contributed by atoms with van der Waals surface area (Å²) in [5, 5.41) is 9.32. The van der Waals surface area contributed by atoms with E-state index in [9.17, 15) is 31.1 Å². The number of anilines is 1. The lowest BCUT2D eigenvalue weighted by Gasteiger charge is -2.16. The van der Waals surface area contributed by atoms with Crippen LogP contribution >= 0.6 is 12.2 Å². The molecule has 12 heteroatoms. The number of hydrogen-bond donors (Lipinski definition) is 4. The summed E-state index contributed by atoms with van der Waals surface area (Å²) in [6, 6.07) is 0.612. The Bertz CT molecular complexity index is 600. The van der Waals surface area contributed by atoms with Crippen molar-refractivity contribution in [1.29, 1.82) is 0 Å². The van der Waals surface area contributed by atoms with Gasteiger partial charge in [-0.05, 0) is 30.4 Å². The summed E-state index contributed by atoms with van der Waals surface area (Å²) in [6.07, 6.45) is -9.88. The van der Waals surface area contributed by atoms with E-state index in [2.05, 4.69) is 21.3 Å². The van der Waals surface area contributed by atoms with Gasteiger partial charge in [-0.15, -0.1) is 0 Å². The second kappa shape index (κ2) is 8.23. The van der Waals surface area contributed by atoms with E-state index in [1.807, 2.05) is 0 Å². The molecule has 0 saturated carbocycles. The summed E-state index contributed by atoms with van der Waals surface area (Å²) in [5.41, 5.74) is -3.36. The van der Waals surface area contributed by atoms with E-state index in [1.165, 1.54) is 7.05 Å². The van der Waals surface area contributed by atoms with Gasteiger partial charge in [0.1, 0.15) is 0 Å². The molecule has 0 aliphatic heterocycles. The zero-order valence-corrected chi connectivity index (χ0v) is 13.5. The molecule has 0 heterocycles. The van der Waals surface area contributed by atoms with Gasteiger partial charge >= 0.3 is 18.4 Å². The van der Waals surface area contributed by atoms with Gasteiger partial charge in [0.2, 0.25) is 0 Å². The first-order valence-electron chi connectivity index (χ1n) is 6.73. The van der Waals surface area contributed by atoms with Crippen LogP contribution in [0.3, 0.4) is 0 Å². The van der Waals surface area contributed by atoms with E-state index >= 15 is 0 Å². The second-order valence-corrected chi connectivity index (χ2v) is 5.09. The summed E-state index contributed by atoms with van der Waals surface area (Å²) >= 11 is 4.80. The van der Waals surface area contributed by atoms with Crippen molar-refractivity contribution in [3.8, 4) is 0 Å². The van der Waals surface area contributed by atoms with E-state index < -0.39 is 35.2 Å². The Hall–Kier alpha value is -2.24. The van der Waals surface area contributed by atoms with Gasteiger partial charge in [0.05, 0.1) is 11.1 Å². The van der Waals surface area contributed by atoms with Gasteiger partial charge in [-0.2, -0.15) is 26.3 Å². The SMILES string of the molecule is CNC(=O)NCCNC(=S)Nc1cc(C(F)(F)F)cc(C(F)(F)F)c1. The van der Waals surface area contributed by atoms with Crippen molar-refractivity contribution in [3.05, 3.63) is 29.3 Å². The number of rotatable bonds is 4. The molecular weight excluding hydrogens is 374 g/mol. The molecular formula is C13H14F6N4OS. The maximum Gasteiger partial charge on any atom is 0.416 e. The monoisotopic (exact) mass is 388 g/mol. The van der Waals surface area contributed by atoms with Crippen LogP contribution in [0.2, 0.25) is 0 Å². The normalized spacial score (nSPS) is 11.6. The number of carbonyl (C=O) groups excluding carboxylic acids is 1. The molecule has 25 heavy (non-hydrogen) atoms. The number of nitrogens with one attached hydrogen (secondary N) is 4. The first kappa shape index (κ1) is 20.8. The van der Waals surface area contributed by atoms with Crippen LogP contribution in [0.1, 0.15) is 11.1 Å². The molecule has 0 aromatic heterocycles. The second-order valence-electron chi connectivity index (χ2n) is 4.68. The molecule has 0 aliphatic rings. The summed E-state index contributed by atoms with van der Waals surface area (Å²) in [7, 11) is 1.40. The van der Waals surface area contributed by atoms with Gasteiger partial charge in [-0.25, -0.2) is 4.79 Å². The smallest absolute Gasteiger partial charge is 0.361 e. The predicted molar refractivity (Wildman–Crippen MR) is 83.1 cm³/mol. The van der Waals surface area contributed by atoms with Crippen LogP contribution in [0.5, 0.6) is 0 Å². The van der Waals surface area contributed by atoms with Crippen molar-refractivity contribution in [3.63, 3.8) is 0 Å². The summed E-state index contributed by atoms with van der Waals surface area (Å²) in [4.78, 5) is 10.9. The number of alkyl halides is 6. The van der Waals surface area contributed by atoms with Gasteiger partial charge in [-0.3, -0.25) is 0 Å². The Morgan fingerprint density at radius 3 is 1.88 bits per heavy atom. The molecule has 0 atom stereocenters. The van der Waals surface area contributed by atoms with Crippen LogP contribution in [0.15, 0.2) is 18.2 Å². The Labute approximate surface area is 144 Å². The molecule has 1 aromatic carbocycles. The van der Waals surface area contributed by atoms with E-state index in [0.717, 1.165) is 0 Å². The number of thiocarbonyl (C=S) groups is 1. The highest BCUT2D eigenvalue weighted by Gasteiger charge is 2.36. The van der Waals surface area contributed by atoms with Crippen LogP contribution in [0, 0.1) is 0 Å². The van der Waals surface area contributed by atoms with E-state index in [0.29, 0.717) is 12.1 Å². The first-order valence-corrected chi connectivity index (χ1v) is 7.14. The fraction of sp³-hybridized carbons (Fsp3) is 0.385. The molecule has 0 spiro atoms. The van der Waals surface area contributed by atoms with Gasteiger partial charge in [0.15, 0.2) is 5.11 Å². The molecule has 0 fully saturated rings. The van der Waals surface area contributed by atoms with Crippen LogP contribution in [-0.4, -0.2) is 31.3 Å². The number of benzene rings is 1. The lowest BCUT2D eigenvalue weighted by atomic mass is 10.1. The van der Waals surface area contributed by atoms with E-state index in [-0.39, 0.29) is 24.3 Å². The topological polar surface area (TPSA) is 65.2 Å². The lowest BCUT2D eigenvalue weighted by molar-refractivity contribution is -0.143. The number of urea groups is 1. The molecule has 5 nitrogen and oxygen atoms in total. The average molecular weight is 388 g/mol. The maximum absolute atomic E-state index is 12.7. The number of halogens is 6. The third-order valence-corrected chi connectivity index (χ3v) is 3.02. The Balaban J connectivity index is 2.80. The molecule has 0 bridgehead atoms. The van der Waals surface area contributed by atoms with Gasteiger partial charge in [0, 0.05) is 25.8 Å². The van der Waals surface area contributed by atoms with E-state index in [1.54, 1.807) is 0 Å². The maximum atomic E-state index is 12.7. The molecule has 2 amide bonds. The fourth-order valence-corrected chi connectivity index (χ4v) is 1.86. The predicted octanol–water partition coefficient (Wildman–Crippen LogP) is 2.94. The Kier molecular flexibility index (Phi) is 6.85. The van der Waals surface area contributed by atoms with Crippen molar-refractivity contribution in [2.24, 2.45) is 0 Å². The minimum absolute atomic E-state index is 0.0228. The molecule has 0 saturated heterocycles. The van der Waals surface area contributed by atoms with Crippen LogP contribution in [0.25, 0.3) is 0 Å². The Morgan fingerprint density at radius 1 is 0.960 bits per heavy atom. The lowest BCUT2D eigenvalue weighted by Crippen LogP contribution is -2.39. The van der Waals surface area contributed by atoms with Crippen molar-refractivity contribution < 1.29 is 31.1 Å². The van der Waals surface area contributed by atoms with Crippen LogP contribution in [0.4, 0.5) is 36.8 Å². The van der Waals surface area contributed by atoms with Crippen molar-refractivity contribution in [2.75, 3.05) is 25.5 Å². The highest BCUT2D eigenvalue weighted by Crippen LogP contribution is 2.37. The minimum atomic E-state index is -4.94. The molecule has 0 radical (unpaired) electrons. The standard InChI is InChI=1S/C13H14F6N4OS/c1-20-10(24)21-2-3-22-11(25)23-9-5-7(12(14,15)16)4-8(6-9)13(17,18)19/h4-6H,2-3H2,1H3,(H2,20,21,24)(H2,22,23,25). The highest BCUT2D eigenvalue weighted by molar-refractivity contribution is 7.80. The van der Waals surface area contributed by atoms with Crippen molar-refractivity contribution >= 4 is 29.0 Å². The number of amides is 2. The molecule has 1 aromatic rings. The van der Waals surface area contributed by atoms with Gasteiger partial charge < -0.3 is 21.3 Å². The quantitative estimate of drug-likeness (QED) is 0.364. The van der Waals surface area contributed by atoms with Crippen LogP contribution in [-0.2, 0) is 12.4 Å². The van der Waals surface area contributed by atoms with Gasteiger partial charge in [-0.1, -0.05) is 0 Å². The van der Waals surface area contributed by atoms with Crippen molar-refractivity contribution in [1.82, 2.24) is 16.0 Å². The average Bonchev–Trinajstić information content (AvgIpc) is 2.49. The summed E-state index contributed by atoms with van der Waals surface area (Å²) < 4.78 is 76.4. The molecule has 140 valence electrons. The summed E-state index contributed by atoms with van der Waals surface area (Å²) in [5.74, 6) is 0. The fourth-order valence-electron chi connectivity index (χ4n) is 1.64. The zero-order valence-electron chi connectivity index (χ0n) is 12.7. The largest absolute Gasteiger partial charge is 0.416 e. The minimum Gasteiger partial charge on any atom is -0.361 e. The molecule has 4 N–H and O–H groups in total. The zero-order chi connectivity index (χ0) is 19.3. The van der Waals surface area contributed by atoms with Gasteiger partial charge in [0.25, 0.3) is 0 Å². The number of carbonyl (C=O) groups is 1. The number of hydrogen-bond acceptors (Lipinski definition) is 2.